The number of ether oxygens (including phenoxy) is 1. The highest BCUT2D eigenvalue weighted by Crippen LogP contribution is 2.41. The standard InChI is InChI=1S/C30H29NO5/c1-19(2)36-30(35)23-13-8-14-24(18-23)31-27(22-12-7-9-20(3)17-22)26(28(33)29(31)34)25(32)16-15-21-10-5-4-6-11-21/h4-14,17-19,27,33H,15-16H2,1-3H3. The molecule has 0 radical (unpaired) electrons. The van der Waals surface area contributed by atoms with E-state index < -0.39 is 23.7 Å². The summed E-state index contributed by atoms with van der Waals surface area (Å²) in [5, 5.41) is 10.9. The number of rotatable bonds is 8. The molecule has 0 aromatic heterocycles. The molecule has 0 saturated carbocycles. The predicted molar refractivity (Wildman–Crippen MR) is 138 cm³/mol. The van der Waals surface area contributed by atoms with Gasteiger partial charge in [0, 0.05) is 12.1 Å². The number of hydrogen-bond acceptors (Lipinski definition) is 5. The van der Waals surface area contributed by atoms with Gasteiger partial charge in [0.2, 0.25) is 0 Å². The number of aliphatic hydroxyl groups is 1. The van der Waals surface area contributed by atoms with Crippen molar-refractivity contribution >= 4 is 23.3 Å². The van der Waals surface area contributed by atoms with Gasteiger partial charge in [-0.05, 0) is 56.5 Å². The zero-order chi connectivity index (χ0) is 25.8. The summed E-state index contributed by atoms with van der Waals surface area (Å²) < 4.78 is 5.31. The predicted octanol–water partition coefficient (Wildman–Crippen LogP) is 5.66. The van der Waals surface area contributed by atoms with Crippen LogP contribution < -0.4 is 4.90 Å². The van der Waals surface area contributed by atoms with Gasteiger partial charge in [0.1, 0.15) is 0 Å². The Kier molecular flexibility index (Phi) is 7.34. The fourth-order valence-corrected chi connectivity index (χ4v) is 4.41. The number of benzene rings is 3. The SMILES string of the molecule is Cc1cccc(C2C(C(=O)CCc3ccccc3)=C(O)C(=O)N2c2cccc(C(=O)OC(C)C)c2)c1. The molecule has 0 spiro atoms. The van der Waals surface area contributed by atoms with E-state index in [1.54, 1.807) is 38.1 Å². The molecule has 1 amide bonds. The van der Waals surface area contributed by atoms with E-state index >= 15 is 0 Å². The molecule has 0 fully saturated rings. The number of Topliss-reactive ketones (excluding diaryl/α,β-unsaturated/α-hetero) is 1. The Morgan fingerprint density at radius 2 is 1.69 bits per heavy atom. The topological polar surface area (TPSA) is 83.9 Å². The van der Waals surface area contributed by atoms with E-state index in [0.717, 1.165) is 11.1 Å². The minimum atomic E-state index is -0.822. The molecule has 1 aliphatic heterocycles. The van der Waals surface area contributed by atoms with Crippen molar-refractivity contribution in [3.8, 4) is 0 Å². The van der Waals surface area contributed by atoms with E-state index in [1.165, 1.54) is 4.90 Å². The second-order valence-electron chi connectivity index (χ2n) is 9.17. The first-order valence-electron chi connectivity index (χ1n) is 12.0. The van der Waals surface area contributed by atoms with Crippen LogP contribution in [0.5, 0.6) is 0 Å². The van der Waals surface area contributed by atoms with Crippen LogP contribution in [-0.2, 0) is 20.7 Å². The molecule has 1 unspecified atom stereocenters. The van der Waals surface area contributed by atoms with Crippen LogP contribution in [0.4, 0.5) is 5.69 Å². The largest absolute Gasteiger partial charge is 0.503 e. The minimum absolute atomic E-state index is 0.0664. The maximum atomic E-state index is 13.4. The Morgan fingerprint density at radius 3 is 2.39 bits per heavy atom. The van der Waals surface area contributed by atoms with Gasteiger partial charge < -0.3 is 9.84 Å². The van der Waals surface area contributed by atoms with E-state index in [-0.39, 0.29) is 29.4 Å². The van der Waals surface area contributed by atoms with Crippen LogP contribution in [0.25, 0.3) is 0 Å². The number of aliphatic hydroxyl groups excluding tert-OH is 1. The summed E-state index contributed by atoms with van der Waals surface area (Å²) in [6, 6.07) is 22.8. The van der Waals surface area contributed by atoms with Crippen molar-refractivity contribution in [1.82, 2.24) is 0 Å². The fraction of sp³-hybridized carbons (Fsp3) is 0.233. The fourth-order valence-electron chi connectivity index (χ4n) is 4.41. The first-order valence-corrected chi connectivity index (χ1v) is 12.0. The number of hydrogen-bond donors (Lipinski definition) is 1. The second-order valence-corrected chi connectivity index (χ2v) is 9.17. The molecule has 4 rings (SSSR count). The van der Waals surface area contributed by atoms with E-state index in [2.05, 4.69) is 0 Å². The molecule has 1 heterocycles. The summed E-state index contributed by atoms with van der Waals surface area (Å²) in [7, 11) is 0. The average molecular weight is 484 g/mol. The number of carbonyl (C=O) groups is 3. The molecule has 3 aromatic carbocycles. The molecule has 0 bridgehead atoms. The number of anilines is 1. The van der Waals surface area contributed by atoms with Crippen molar-refractivity contribution < 1.29 is 24.2 Å². The van der Waals surface area contributed by atoms with E-state index in [0.29, 0.717) is 17.7 Å². The number of esters is 1. The molecule has 3 aromatic rings. The van der Waals surface area contributed by atoms with Crippen molar-refractivity contribution in [2.24, 2.45) is 0 Å². The number of nitrogens with zero attached hydrogens (tertiary/aromatic N) is 1. The molecule has 184 valence electrons. The van der Waals surface area contributed by atoms with Crippen LogP contribution >= 0.6 is 0 Å². The Balaban J connectivity index is 1.73. The van der Waals surface area contributed by atoms with Crippen LogP contribution in [0.15, 0.2) is 90.2 Å². The van der Waals surface area contributed by atoms with Gasteiger partial charge in [-0.1, -0.05) is 66.2 Å². The lowest BCUT2D eigenvalue weighted by atomic mass is 9.92. The van der Waals surface area contributed by atoms with E-state index in [4.69, 9.17) is 4.74 Å². The lowest BCUT2D eigenvalue weighted by Gasteiger charge is -2.27. The van der Waals surface area contributed by atoms with Crippen LogP contribution in [0.3, 0.4) is 0 Å². The maximum Gasteiger partial charge on any atom is 0.338 e. The van der Waals surface area contributed by atoms with Crippen LogP contribution in [0, 0.1) is 6.92 Å². The Labute approximate surface area is 210 Å². The number of amides is 1. The maximum absolute atomic E-state index is 13.4. The van der Waals surface area contributed by atoms with Gasteiger partial charge in [0.15, 0.2) is 11.5 Å². The van der Waals surface area contributed by atoms with Crippen molar-refractivity contribution in [2.45, 2.75) is 45.8 Å². The monoisotopic (exact) mass is 483 g/mol. The number of ketones is 1. The third kappa shape index (κ3) is 5.23. The van der Waals surface area contributed by atoms with Crippen LogP contribution in [-0.4, -0.2) is 28.9 Å². The zero-order valence-electron chi connectivity index (χ0n) is 20.6. The molecule has 1 N–H and O–H groups in total. The highest BCUT2D eigenvalue weighted by molar-refractivity contribution is 6.16. The summed E-state index contributed by atoms with van der Waals surface area (Å²) >= 11 is 0. The molecule has 36 heavy (non-hydrogen) atoms. The Morgan fingerprint density at radius 1 is 0.972 bits per heavy atom. The summed E-state index contributed by atoms with van der Waals surface area (Å²) in [6.07, 6.45) is 0.337. The quantitative estimate of drug-likeness (QED) is 0.418. The summed E-state index contributed by atoms with van der Waals surface area (Å²) in [5.74, 6) is -2.05. The molecule has 6 heteroatoms. The molecular weight excluding hydrogens is 454 g/mol. The Hall–Kier alpha value is -4.19. The molecule has 1 aliphatic rings. The van der Waals surface area contributed by atoms with Crippen LogP contribution in [0.1, 0.15) is 53.4 Å². The number of aryl methyl sites for hydroxylation is 2. The van der Waals surface area contributed by atoms with Crippen LogP contribution in [0.2, 0.25) is 0 Å². The van der Waals surface area contributed by atoms with Crippen molar-refractivity contribution in [3.05, 3.63) is 112 Å². The highest BCUT2D eigenvalue weighted by Gasteiger charge is 2.44. The molecule has 1 atom stereocenters. The first-order chi connectivity index (χ1) is 17.3. The highest BCUT2D eigenvalue weighted by atomic mass is 16.5. The van der Waals surface area contributed by atoms with Crippen molar-refractivity contribution in [2.75, 3.05) is 4.90 Å². The summed E-state index contributed by atoms with van der Waals surface area (Å²) in [6.45, 7) is 5.44. The van der Waals surface area contributed by atoms with E-state index in [9.17, 15) is 19.5 Å². The van der Waals surface area contributed by atoms with E-state index in [1.807, 2.05) is 61.5 Å². The number of carbonyl (C=O) groups excluding carboxylic acids is 3. The molecule has 0 aliphatic carbocycles. The molecule has 0 saturated heterocycles. The second kappa shape index (κ2) is 10.6. The first kappa shape index (κ1) is 24.9. The lowest BCUT2D eigenvalue weighted by Crippen LogP contribution is -2.31. The third-order valence-electron chi connectivity index (χ3n) is 6.05. The van der Waals surface area contributed by atoms with Gasteiger partial charge in [-0.2, -0.15) is 0 Å². The summed E-state index contributed by atoms with van der Waals surface area (Å²) in [5.41, 5.74) is 3.39. The smallest absolute Gasteiger partial charge is 0.338 e. The van der Waals surface area contributed by atoms with Crippen molar-refractivity contribution in [3.63, 3.8) is 0 Å². The molecule has 6 nitrogen and oxygen atoms in total. The summed E-state index contributed by atoms with van der Waals surface area (Å²) in [4.78, 5) is 40.7. The van der Waals surface area contributed by atoms with Gasteiger partial charge in [-0.3, -0.25) is 14.5 Å². The van der Waals surface area contributed by atoms with Gasteiger partial charge in [0.05, 0.1) is 23.3 Å². The molecular formula is C30H29NO5. The Bertz CT molecular complexity index is 1330. The third-order valence-corrected chi connectivity index (χ3v) is 6.05. The van der Waals surface area contributed by atoms with Gasteiger partial charge in [-0.15, -0.1) is 0 Å². The van der Waals surface area contributed by atoms with Gasteiger partial charge in [0.25, 0.3) is 5.91 Å². The average Bonchev–Trinajstić information content (AvgIpc) is 3.13. The zero-order valence-corrected chi connectivity index (χ0v) is 20.6. The van der Waals surface area contributed by atoms with Crippen molar-refractivity contribution in [1.29, 1.82) is 0 Å². The van der Waals surface area contributed by atoms with Gasteiger partial charge >= 0.3 is 5.97 Å². The lowest BCUT2D eigenvalue weighted by molar-refractivity contribution is -0.118. The normalized spacial score (nSPS) is 15.5. The van der Waals surface area contributed by atoms with Gasteiger partial charge in [-0.25, -0.2) is 4.79 Å². The minimum Gasteiger partial charge on any atom is -0.503 e.